The highest BCUT2D eigenvalue weighted by Crippen LogP contribution is 2.21. The lowest BCUT2D eigenvalue weighted by atomic mass is 9.93. The number of aliphatic hydroxyl groups excluding tert-OH is 1. The quantitative estimate of drug-likeness (QED) is 0.695. The maximum Gasteiger partial charge on any atom is 0.0586 e. The highest BCUT2D eigenvalue weighted by molar-refractivity contribution is 4.79. The van der Waals surface area contributed by atoms with Gasteiger partial charge in [0.15, 0.2) is 0 Å². The van der Waals surface area contributed by atoms with Gasteiger partial charge >= 0.3 is 0 Å². The van der Waals surface area contributed by atoms with E-state index in [0.717, 1.165) is 12.5 Å². The van der Waals surface area contributed by atoms with E-state index in [1.807, 2.05) is 0 Å². The first-order valence-corrected chi connectivity index (χ1v) is 5.12. The molecule has 1 fully saturated rings. The molecular formula is C10H21NO. The van der Waals surface area contributed by atoms with Gasteiger partial charge in [-0.2, -0.15) is 0 Å². The Morgan fingerprint density at radius 3 is 2.83 bits per heavy atom. The molecule has 1 aliphatic heterocycles. The van der Waals surface area contributed by atoms with E-state index in [0.29, 0.717) is 12.6 Å². The lowest BCUT2D eigenvalue weighted by Gasteiger charge is -2.37. The van der Waals surface area contributed by atoms with Gasteiger partial charge in [-0.05, 0) is 38.3 Å². The van der Waals surface area contributed by atoms with E-state index >= 15 is 0 Å². The molecule has 1 saturated heterocycles. The molecule has 0 aromatic heterocycles. The van der Waals surface area contributed by atoms with Crippen LogP contribution in [0.4, 0.5) is 0 Å². The second-order valence-electron chi connectivity index (χ2n) is 4.00. The molecule has 12 heavy (non-hydrogen) atoms. The Labute approximate surface area is 75.6 Å². The molecule has 0 aliphatic carbocycles. The number of nitrogens with zero attached hydrogens (tertiary/aromatic N) is 1. The first-order valence-electron chi connectivity index (χ1n) is 5.12. The molecule has 2 atom stereocenters. The standard InChI is InChI=1S/C10H21NO/c1-3-5-11-6-4-9(2)7-10(11)8-12/h9-10,12H,3-8H2,1-2H3/t9-,10+/m0/s1. The molecule has 2 nitrogen and oxygen atoms in total. The van der Waals surface area contributed by atoms with Gasteiger partial charge in [-0.15, -0.1) is 0 Å². The van der Waals surface area contributed by atoms with E-state index in [4.69, 9.17) is 5.11 Å². The van der Waals surface area contributed by atoms with Crippen molar-refractivity contribution in [3.8, 4) is 0 Å². The Hall–Kier alpha value is -0.0800. The van der Waals surface area contributed by atoms with Gasteiger partial charge in [0.1, 0.15) is 0 Å². The van der Waals surface area contributed by atoms with Crippen LogP contribution < -0.4 is 0 Å². The molecule has 2 heteroatoms. The van der Waals surface area contributed by atoms with E-state index < -0.39 is 0 Å². The Kier molecular flexibility index (Phi) is 4.02. The molecule has 0 spiro atoms. The zero-order valence-corrected chi connectivity index (χ0v) is 8.29. The van der Waals surface area contributed by atoms with E-state index in [-0.39, 0.29) is 0 Å². The Bertz CT molecular complexity index is 127. The normalized spacial score (nSPS) is 32.2. The molecule has 1 heterocycles. The molecule has 0 bridgehead atoms. The van der Waals surface area contributed by atoms with Crippen molar-refractivity contribution < 1.29 is 5.11 Å². The lowest BCUT2D eigenvalue weighted by molar-refractivity contribution is 0.0695. The summed E-state index contributed by atoms with van der Waals surface area (Å²) in [5, 5.41) is 9.16. The fraction of sp³-hybridized carbons (Fsp3) is 1.00. The third kappa shape index (κ3) is 2.46. The summed E-state index contributed by atoms with van der Waals surface area (Å²) in [6.45, 7) is 7.15. The highest BCUT2D eigenvalue weighted by atomic mass is 16.3. The van der Waals surface area contributed by atoms with Gasteiger partial charge in [-0.3, -0.25) is 4.90 Å². The van der Waals surface area contributed by atoms with Crippen molar-refractivity contribution in [3.05, 3.63) is 0 Å². The summed E-state index contributed by atoms with van der Waals surface area (Å²) in [4.78, 5) is 2.43. The second-order valence-corrected chi connectivity index (χ2v) is 4.00. The SMILES string of the molecule is CCCN1CC[C@H](C)C[C@@H]1CO. The summed E-state index contributed by atoms with van der Waals surface area (Å²) in [5.74, 6) is 0.801. The van der Waals surface area contributed by atoms with E-state index in [9.17, 15) is 0 Å². The number of aliphatic hydroxyl groups is 1. The van der Waals surface area contributed by atoms with Crippen LogP contribution in [0.2, 0.25) is 0 Å². The molecule has 0 saturated carbocycles. The third-order valence-corrected chi connectivity index (χ3v) is 2.82. The van der Waals surface area contributed by atoms with Gasteiger partial charge in [0.2, 0.25) is 0 Å². The Morgan fingerprint density at radius 2 is 2.25 bits per heavy atom. The van der Waals surface area contributed by atoms with Crippen LogP contribution in [-0.2, 0) is 0 Å². The maximum absolute atomic E-state index is 9.16. The zero-order chi connectivity index (χ0) is 8.97. The van der Waals surface area contributed by atoms with Crippen LogP contribution in [-0.4, -0.2) is 35.7 Å². The number of piperidine rings is 1. The molecule has 0 aromatic carbocycles. The summed E-state index contributed by atoms with van der Waals surface area (Å²) in [6, 6.07) is 0.439. The largest absolute Gasteiger partial charge is 0.395 e. The molecule has 1 rings (SSSR count). The summed E-state index contributed by atoms with van der Waals surface area (Å²) < 4.78 is 0. The lowest BCUT2D eigenvalue weighted by Crippen LogP contribution is -2.44. The van der Waals surface area contributed by atoms with Gasteiger partial charge < -0.3 is 5.11 Å². The number of hydrogen-bond acceptors (Lipinski definition) is 2. The molecule has 1 N–H and O–H groups in total. The average Bonchev–Trinajstić information content (AvgIpc) is 2.08. The molecule has 72 valence electrons. The summed E-state index contributed by atoms with van der Waals surface area (Å²) in [7, 11) is 0. The van der Waals surface area contributed by atoms with E-state index in [2.05, 4.69) is 18.7 Å². The molecule has 0 amide bonds. The maximum atomic E-state index is 9.16. The molecule has 0 unspecified atom stereocenters. The topological polar surface area (TPSA) is 23.5 Å². The van der Waals surface area contributed by atoms with Crippen LogP contribution in [0.1, 0.15) is 33.1 Å². The molecule has 0 aromatic rings. The molecular weight excluding hydrogens is 150 g/mol. The highest BCUT2D eigenvalue weighted by Gasteiger charge is 2.24. The minimum atomic E-state index is 0.338. The predicted molar refractivity (Wildman–Crippen MR) is 51.1 cm³/mol. The van der Waals surface area contributed by atoms with E-state index in [1.165, 1.54) is 25.8 Å². The fourth-order valence-electron chi connectivity index (χ4n) is 2.07. The molecule has 1 aliphatic rings. The average molecular weight is 171 g/mol. The van der Waals surface area contributed by atoms with Crippen molar-refractivity contribution >= 4 is 0 Å². The van der Waals surface area contributed by atoms with Crippen LogP contribution in [0, 0.1) is 5.92 Å². The van der Waals surface area contributed by atoms with Crippen molar-refractivity contribution in [2.24, 2.45) is 5.92 Å². The van der Waals surface area contributed by atoms with Crippen LogP contribution in [0.5, 0.6) is 0 Å². The van der Waals surface area contributed by atoms with Crippen LogP contribution >= 0.6 is 0 Å². The van der Waals surface area contributed by atoms with Crippen LogP contribution in [0.3, 0.4) is 0 Å². The summed E-state index contributed by atoms with van der Waals surface area (Å²) in [5.41, 5.74) is 0. The number of rotatable bonds is 3. The summed E-state index contributed by atoms with van der Waals surface area (Å²) in [6.07, 6.45) is 3.68. The van der Waals surface area contributed by atoms with Crippen molar-refractivity contribution in [2.45, 2.75) is 39.2 Å². The Morgan fingerprint density at radius 1 is 1.50 bits per heavy atom. The Balaban J connectivity index is 2.39. The first-order chi connectivity index (χ1) is 5.77. The second kappa shape index (κ2) is 4.83. The predicted octanol–water partition coefficient (Wildman–Crippen LogP) is 1.49. The van der Waals surface area contributed by atoms with Crippen molar-refractivity contribution in [1.82, 2.24) is 4.90 Å². The van der Waals surface area contributed by atoms with Crippen molar-refractivity contribution in [2.75, 3.05) is 19.7 Å². The smallest absolute Gasteiger partial charge is 0.0586 e. The molecule has 0 radical (unpaired) electrons. The zero-order valence-electron chi connectivity index (χ0n) is 8.29. The van der Waals surface area contributed by atoms with Gasteiger partial charge in [0, 0.05) is 6.04 Å². The van der Waals surface area contributed by atoms with Crippen molar-refractivity contribution in [1.29, 1.82) is 0 Å². The van der Waals surface area contributed by atoms with Gasteiger partial charge in [0.05, 0.1) is 6.61 Å². The minimum absolute atomic E-state index is 0.338. The third-order valence-electron chi connectivity index (χ3n) is 2.82. The van der Waals surface area contributed by atoms with Crippen LogP contribution in [0.15, 0.2) is 0 Å². The minimum Gasteiger partial charge on any atom is -0.395 e. The van der Waals surface area contributed by atoms with Gasteiger partial charge in [-0.1, -0.05) is 13.8 Å². The van der Waals surface area contributed by atoms with Crippen LogP contribution in [0.25, 0.3) is 0 Å². The van der Waals surface area contributed by atoms with Crippen molar-refractivity contribution in [3.63, 3.8) is 0 Å². The number of likely N-dealkylation sites (tertiary alicyclic amines) is 1. The van der Waals surface area contributed by atoms with Gasteiger partial charge in [0.25, 0.3) is 0 Å². The van der Waals surface area contributed by atoms with E-state index in [1.54, 1.807) is 0 Å². The fourth-order valence-corrected chi connectivity index (χ4v) is 2.07. The van der Waals surface area contributed by atoms with Gasteiger partial charge in [-0.25, -0.2) is 0 Å². The number of hydrogen-bond donors (Lipinski definition) is 1. The summed E-state index contributed by atoms with van der Waals surface area (Å²) >= 11 is 0. The first kappa shape index (κ1) is 10.0. The monoisotopic (exact) mass is 171 g/mol.